The summed E-state index contributed by atoms with van der Waals surface area (Å²) >= 11 is 6.36. The molecule has 0 bridgehead atoms. The van der Waals surface area contributed by atoms with Gasteiger partial charge in [-0.2, -0.15) is 5.10 Å². The first-order valence-corrected chi connectivity index (χ1v) is 11.5. The van der Waals surface area contributed by atoms with Crippen LogP contribution in [0.1, 0.15) is 35.4 Å². The Morgan fingerprint density at radius 2 is 1.63 bits per heavy atom. The van der Waals surface area contributed by atoms with Crippen LogP contribution < -0.4 is 28.4 Å². The van der Waals surface area contributed by atoms with E-state index in [9.17, 15) is 0 Å². The van der Waals surface area contributed by atoms with Crippen molar-refractivity contribution in [1.29, 1.82) is 0 Å². The molecular weight excluding hydrogens is 472 g/mol. The van der Waals surface area contributed by atoms with E-state index < -0.39 is 6.23 Å². The number of ether oxygens (including phenoxy) is 6. The number of hydrazone groups is 1. The predicted octanol–water partition coefficient (Wildman–Crippen LogP) is 5.34. The molecule has 0 saturated carbocycles. The number of benzene rings is 3. The quantitative estimate of drug-likeness (QED) is 0.474. The standard InChI is InChI=1S/C26H23ClN2O6/c1-30-23-9-15(10-24(31-2)25(23)32-3)26-29-19(17-11-16(27)5-7-20(17)35-26)12-18(28-29)14-4-6-21-22(8-14)34-13-33-21/h4-11,19,26H,12-13H2,1-3H3/t19-,26-/m1/s1. The number of hydrogen-bond acceptors (Lipinski definition) is 8. The van der Waals surface area contributed by atoms with Gasteiger partial charge in [0.15, 0.2) is 23.0 Å². The van der Waals surface area contributed by atoms with Crippen molar-refractivity contribution < 1.29 is 28.4 Å². The maximum absolute atomic E-state index is 6.48. The molecule has 3 heterocycles. The van der Waals surface area contributed by atoms with Crippen LogP contribution in [0.3, 0.4) is 0 Å². The second kappa shape index (κ2) is 8.46. The van der Waals surface area contributed by atoms with Gasteiger partial charge >= 0.3 is 0 Å². The van der Waals surface area contributed by atoms with Crippen LogP contribution in [0.25, 0.3) is 0 Å². The number of methoxy groups -OCH3 is 3. The van der Waals surface area contributed by atoms with Crippen molar-refractivity contribution in [2.45, 2.75) is 18.7 Å². The van der Waals surface area contributed by atoms with Crippen LogP contribution in [0, 0.1) is 0 Å². The van der Waals surface area contributed by atoms with E-state index >= 15 is 0 Å². The fourth-order valence-corrected chi connectivity index (χ4v) is 4.95. The zero-order valence-corrected chi connectivity index (χ0v) is 20.2. The maximum Gasteiger partial charge on any atom is 0.231 e. The summed E-state index contributed by atoms with van der Waals surface area (Å²) in [6, 6.07) is 15.3. The third-order valence-electron chi connectivity index (χ3n) is 6.43. The first-order valence-electron chi connectivity index (χ1n) is 11.1. The molecule has 3 aliphatic heterocycles. The Kier molecular flexibility index (Phi) is 5.25. The lowest BCUT2D eigenvalue weighted by atomic mass is 9.95. The van der Waals surface area contributed by atoms with Gasteiger partial charge in [-0.25, -0.2) is 5.01 Å². The Morgan fingerprint density at radius 1 is 0.886 bits per heavy atom. The minimum Gasteiger partial charge on any atom is -0.493 e. The normalized spacial score (nSPS) is 19.4. The molecule has 2 atom stereocenters. The van der Waals surface area contributed by atoms with Crippen LogP contribution in [0.5, 0.6) is 34.5 Å². The molecule has 0 unspecified atom stereocenters. The lowest BCUT2D eigenvalue weighted by molar-refractivity contribution is -0.0192. The van der Waals surface area contributed by atoms with Gasteiger partial charge in [0.1, 0.15) is 5.75 Å². The molecule has 0 N–H and O–H groups in total. The van der Waals surface area contributed by atoms with Crippen LogP contribution in [0.15, 0.2) is 53.6 Å². The van der Waals surface area contributed by atoms with Gasteiger partial charge in [-0.1, -0.05) is 11.6 Å². The Labute approximate surface area is 207 Å². The molecule has 0 radical (unpaired) electrons. The molecule has 0 spiro atoms. The monoisotopic (exact) mass is 494 g/mol. The van der Waals surface area contributed by atoms with Crippen molar-refractivity contribution >= 4 is 17.3 Å². The molecule has 180 valence electrons. The van der Waals surface area contributed by atoms with E-state index in [0.717, 1.165) is 39.7 Å². The van der Waals surface area contributed by atoms with Gasteiger partial charge in [-0.15, -0.1) is 0 Å². The summed E-state index contributed by atoms with van der Waals surface area (Å²) in [5, 5.41) is 7.64. The first-order chi connectivity index (χ1) is 17.1. The lowest BCUT2D eigenvalue weighted by Crippen LogP contribution is -2.33. The molecule has 3 aromatic carbocycles. The third kappa shape index (κ3) is 3.56. The Bertz CT molecular complexity index is 1320. The Balaban J connectivity index is 1.46. The molecule has 0 amide bonds. The average molecular weight is 495 g/mol. The average Bonchev–Trinajstić information content (AvgIpc) is 3.54. The summed E-state index contributed by atoms with van der Waals surface area (Å²) in [6.45, 7) is 0.225. The minimum atomic E-state index is -0.520. The largest absolute Gasteiger partial charge is 0.493 e. The molecule has 0 fully saturated rings. The highest BCUT2D eigenvalue weighted by molar-refractivity contribution is 6.30. The Hall–Kier alpha value is -3.78. The fraction of sp³-hybridized carbons (Fsp3) is 0.269. The summed E-state index contributed by atoms with van der Waals surface area (Å²) in [5.41, 5.74) is 3.69. The summed E-state index contributed by atoms with van der Waals surface area (Å²) in [4.78, 5) is 0. The van der Waals surface area contributed by atoms with E-state index in [1.165, 1.54) is 0 Å². The topological polar surface area (TPSA) is 71.0 Å². The predicted molar refractivity (Wildman–Crippen MR) is 129 cm³/mol. The summed E-state index contributed by atoms with van der Waals surface area (Å²) < 4.78 is 34.2. The van der Waals surface area contributed by atoms with Crippen LogP contribution >= 0.6 is 11.6 Å². The van der Waals surface area contributed by atoms with Gasteiger partial charge < -0.3 is 28.4 Å². The van der Waals surface area contributed by atoms with Crippen molar-refractivity contribution in [3.63, 3.8) is 0 Å². The number of hydrogen-bond donors (Lipinski definition) is 0. The Morgan fingerprint density at radius 3 is 2.37 bits per heavy atom. The van der Waals surface area contributed by atoms with Crippen LogP contribution in [0.2, 0.25) is 5.02 Å². The van der Waals surface area contributed by atoms with Gasteiger partial charge in [0.05, 0.1) is 33.1 Å². The minimum absolute atomic E-state index is 0.0676. The van der Waals surface area contributed by atoms with Gasteiger partial charge in [0.2, 0.25) is 18.8 Å². The van der Waals surface area contributed by atoms with E-state index in [2.05, 4.69) is 0 Å². The third-order valence-corrected chi connectivity index (χ3v) is 6.67. The van der Waals surface area contributed by atoms with Crippen LogP contribution in [-0.4, -0.2) is 38.8 Å². The molecule has 35 heavy (non-hydrogen) atoms. The van der Waals surface area contributed by atoms with Gasteiger partial charge in [-0.3, -0.25) is 0 Å². The number of fused-ring (bicyclic) bond motifs is 4. The van der Waals surface area contributed by atoms with Crippen LogP contribution in [-0.2, 0) is 0 Å². The van der Waals surface area contributed by atoms with Gasteiger partial charge in [0, 0.05) is 28.1 Å². The zero-order valence-electron chi connectivity index (χ0n) is 19.4. The molecule has 3 aromatic rings. The van der Waals surface area contributed by atoms with E-state index in [0.29, 0.717) is 28.7 Å². The molecule has 9 heteroatoms. The highest BCUT2D eigenvalue weighted by atomic mass is 35.5. The van der Waals surface area contributed by atoms with Gasteiger partial charge in [-0.05, 0) is 48.5 Å². The summed E-state index contributed by atoms with van der Waals surface area (Å²) in [5.74, 6) is 3.82. The summed E-state index contributed by atoms with van der Waals surface area (Å²) in [7, 11) is 4.76. The highest BCUT2D eigenvalue weighted by Gasteiger charge is 2.42. The molecule has 0 saturated heterocycles. The van der Waals surface area contributed by atoms with E-state index in [-0.39, 0.29) is 12.8 Å². The van der Waals surface area contributed by atoms with Gasteiger partial charge in [0.25, 0.3) is 0 Å². The lowest BCUT2D eigenvalue weighted by Gasteiger charge is -2.38. The fourth-order valence-electron chi connectivity index (χ4n) is 4.77. The number of halogens is 1. The second-order valence-electron chi connectivity index (χ2n) is 8.33. The molecule has 0 aliphatic carbocycles. The van der Waals surface area contributed by atoms with E-state index in [1.807, 2.05) is 53.5 Å². The smallest absolute Gasteiger partial charge is 0.231 e. The first kappa shape index (κ1) is 21.7. The van der Waals surface area contributed by atoms with Crippen molar-refractivity contribution in [3.8, 4) is 34.5 Å². The molecule has 0 aromatic heterocycles. The van der Waals surface area contributed by atoms with Crippen molar-refractivity contribution in [3.05, 3.63) is 70.2 Å². The van der Waals surface area contributed by atoms with E-state index in [4.69, 9.17) is 45.1 Å². The maximum atomic E-state index is 6.48. The van der Waals surface area contributed by atoms with Crippen molar-refractivity contribution in [2.75, 3.05) is 28.1 Å². The van der Waals surface area contributed by atoms with Crippen molar-refractivity contribution in [1.82, 2.24) is 5.01 Å². The molecule has 6 rings (SSSR count). The van der Waals surface area contributed by atoms with Crippen molar-refractivity contribution in [2.24, 2.45) is 5.10 Å². The second-order valence-corrected chi connectivity index (χ2v) is 8.76. The van der Waals surface area contributed by atoms with Crippen LogP contribution in [0.4, 0.5) is 0 Å². The highest BCUT2D eigenvalue weighted by Crippen LogP contribution is 2.50. The molecule has 8 nitrogen and oxygen atoms in total. The number of rotatable bonds is 5. The SMILES string of the molecule is COc1cc([C@H]2Oc3ccc(Cl)cc3[C@H]3CC(c4ccc5c(c4)OCO5)=NN32)cc(OC)c1OC. The summed E-state index contributed by atoms with van der Waals surface area (Å²) in [6.07, 6.45) is 0.158. The number of nitrogens with zero attached hydrogens (tertiary/aromatic N) is 2. The molecule has 3 aliphatic rings. The molecular formula is C26H23ClN2O6. The van der Waals surface area contributed by atoms with E-state index in [1.54, 1.807) is 21.3 Å². The zero-order chi connectivity index (χ0) is 24.1.